The smallest absolute Gasteiger partial charge is 0.0205 e. The summed E-state index contributed by atoms with van der Waals surface area (Å²) in [5, 5.41) is 3.36. The molecule has 0 aromatic heterocycles. The van der Waals surface area contributed by atoms with Crippen molar-refractivity contribution in [1.29, 1.82) is 0 Å². The minimum absolute atomic E-state index is 0.951. The highest BCUT2D eigenvalue weighted by Gasteiger charge is 2.05. The van der Waals surface area contributed by atoms with Crippen LogP contribution < -0.4 is 5.32 Å². The summed E-state index contributed by atoms with van der Waals surface area (Å²) in [6.07, 6.45) is 2.17. The molecule has 0 heterocycles. The van der Waals surface area contributed by atoms with E-state index in [4.69, 9.17) is 0 Å². The lowest BCUT2D eigenvalue weighted by Crippen LogP contribution is -2.11. The minimum Gasteiger partial charge on any atom is -0.313 e. The molecule has 1 nitrogen and oxygen atoms in total. The molecule has 0 saturated carbocycles. The van der Waals surface area contributed by atoms with Gasteiger partial charge in [-0.25, -0.2) is 0 Å². The van der Waals surface area contributed by atoms with Gasteiger partial charge in [0, 0.05) is 6.54 Å². The highest BCUT2D eigenvalue weighted by atomic mass is 14.8. The van der Waals surface area contributed by atoms with Gasteiger partial charge in [-0.05, 0) is 47.2 Å². The summed E-state index contributed by atoms with van der Waals surface area (Å²) < 4.78 is 0. The second-order valence-electron chi connectivity index (χ2n) is 5.18. The van der Waals surface area contributed by atoms with Gasteiger partial charge in [-0.15, -0.1) is 0 Å². The average Bonchev–Trinajstić information content (AvgIpc) is 2.52. The zero-order chi connectivity index (χ0) is 14.4. The van der Waals surface area contributed by atoms with Crippen molar-refractivity contribution in [2.24, 2.45) is 0 Å². The normalized spacial score (nSPS) is 10.8. The van der Waals surface area contributed by atoms with E-state index >= 15 is 0 Å². The van der Waals surface area contributed by atoms with E-state index in [1.807, 2.05) is 0 Å². The van der Waals surface area contributed by atoms with Gasteiger partial charge >= 0.3 is 0 Å². The third-order valence-electron chi connectivity index (χ3n) is 3.81. The molecule has 0 radical (unpaired) electrons. The summed E-state index contributed by atoms with van der Waals surface area (Å²) in [5.41, 5.74) is 6.91. The molecule has 0 spiro atoms. The van der Waals surface area contributed by atoms with Crippen LogP contribution in [0.15, 0.2) is 42.5 Å². The summed E-state index contributed by atoms with van der Waals surface area (Å²) in [5.74, 6) is 0. The number of benzene rings is 2. The molecule has 1 heteroatoms. The number of nitrogens with one attached hydrogen (secondary N) is 1. The zero-order valence-electron chi connectivity index (χ0n) is 12.9. The average molecular weight is 267 g/mol. The van der Waals surface area contributed by atoms with Crippen LogP contribution in [0.5, 0.6) is 0 Å². The fourth-order valence-corrected chi connectivity index (χ4v) is 2.49. The first-order valence-electron chi connectivity index (χ1n) is 7.70. The Bertz CT molecular complexity index is 540. The van der Waals surface area contributed by atoms with Crippen molar-refractivity contribution in [3.05, 3.63) is 59.2 Å². The van der Waals surface area contributed by atoms with E-state index in [-0.39, 0.29) is 0 Å². The Labute approximate surface area is 123 Å². The van der Waals surface area contributed by atoms with Gasteiger partial charge in [-0.2, -0.15) is 0 Å². The Hall–Kier alpha value is -1.60. The first-order chi connectivity index (χ1) is 9.78. The quantitative estimate of drug-likeness (QED) is 0.807. The fraction of sp³-hybridized carbons (Fsp3) is 0.368. The number of hydrogen-bond acceptors (Lipinski definition) is 1. The first-order valence-corrected chi connectivity index (χ1v) is 7.70. The molecule has 0 aliphatic carbocycles. The maximum absolute atomic E-state index is 3.36. The monoisotopic (exact) mass is 267 g/mol. The molecule has 106 valence electrons. The second-order valence-corrected chi connectivity index (χ2v) is 5.18. The molecular weight excluding hydrogens is 242 g/mol. The summed E-state index contributed by atoms with van der Waals surface area (Å²) in [6.45, 7) is 8.54. The van der Waals surface area contributed by atoms with Gasteiger partial charge in [0.1, 0.15) is 0 Å². The highest BCUT2D eigenvalue weighted by molar-refractivity contribution is 5.68. The maximum Gasteiger partial charge on any atom is 0.0205 e. The Kier molecular flexibility index (Phi) is 5.37. The lowest BCUT2D eigenvalue weighted by Gasteiger charge is -2.11. The van der Waals surface area contributed by atoms with E-state index in [9.17, 15) is 0 Å². The van der Waals surface area contributed by atoms with Crippen LogP contribution in [0, 0.1) is 0 Å². The lowest BCUT2D eigenvalue weighted by molar-refractivity contribution is 0.727. The van der Waals surface area contributed by atoms with Crippen molar-refractivity contribution in [3.63, 3.8) is 0 Å². The van der Waals surface area contributed by atoms with Gasteiger partial charge in [-0.1, -0.05) is 63.2 Å². The molecular formula is C19H25N. The molecule has 0 unspecified atom stereocenters. The largest absolute Gasteiger partial charge is 0.313 e. The van der Waals surface area contributed by atoms with E-state index in [0.29, 0.717) is 0 Å². The standard InChI is InChI=1S/C19H25N/c1-4-15-7-10-17(5-2)19(13-15)18-11-8-16(9-12-18)14-20-6-3/h7-13,20H,4-6,14H2,1-3H3. The Balaban J connectivity index is 2.30. The van der Waals surface area contributed by atoms with Crippen LogP contribution in [0.2, 0.25) is 0 Å². The fourth-order valence-electron chi connectivity index (χ4n) is 2.49. The van der Waals surface area contributed by atoms with E-state index in [1.54, 1.807) is 0 Å². The van der Waals surface area contributed by atoms with Crippen LogP contribution >= 0.6 is 0 Å². The van der Waals surface area contributed by atoms with Gasteiger partial charge in [0.25, 0.3) is 0 Å². The highest BCUT2D eigenvalue weighted by Crippen LogP contribution is 2.26. The zero-order valence-corrected chi connectivity index (χ0v) is 12.9. The third-order valence-corrected chi connectivity index (χ3v) is 3.81. The van der Waals surface area contributed by atoms with Crippen molar-refractivity contribution in [1.82, 2.24) is 5.32 Å². The van der Waals surface area contributed by atoms with E-state index in [1.165, 1.54) is 27.8 Å². The number of rotatable bonds is 6. The molecule has 20 heavy (non-hydrogen) atoms. The Morgan fingerprint density at radius 3 is 2.10 bits per heavy atom. The Morgan fingerprint density at radius 1 is 0.800 bits per heavy atom. The van der Waals surface area contributed by atoms with Crippen LogP contribution in [0.3, 0.4) is 0 Å². The summed E-state index contributed by atoms with van der Waals surface area (Å²) in [6, 6.07) is 15.8. The molecule has 0 bridgehead atoms. The third kappa shape index (κ3) is 3.49. The van der Waals surface area contributed by atoms with Gasteiger partial charge in [0.05, 0.1) is 0 Å². The van der Waals surface area contributed by atoms with Crippen molar-refractivity contribution in [2.75, 3.05) is 6.54 Å². The van der Waals surface area contributed by atoms with Gasteiger partial charge in [-0.3, -0.25) is 0 Å². The van der Waals surface area contributed by atoms with E-state index in [0.717, 1.165) is 25.9 Å². The predicted octanol–water partition coefficient (Wildman–Crippen LogP) is 4.59. The van der Waals surface area contributed by atoms with Crippen LogP contribution in [0.25, 0.3) is 11.1 Å². The predicted molar refractivity (Wildman–Crippen MR) is 88.0 cm³/mol. The van der Waals surface area contributed by atoms with Crippen LogP contribution in [-0.2, 0) is 19.4 Å². The lowest BCUT2D eigenvalue weighted by atomic mass is 9.94. The van der Waals surface area contributed by atoms with Crippen LogP contribution in [0.1, 0.15) is 37.5 Å². The molecule has 0 fully saturated rings. The molecule has 0 amide bonds. The molecule has 2 aromatic carbocycles. The number of hydrogen-bond donors (Lipinski definition) is 1. The molecule has 1 N–H and O–H groups in total. The van der Waals surface area contributed by atoms with Crippen molar-refractivity contribution < 1.29 is 0 Å². The molecule has 2 aromatic rings. The minimum atomic E-state index is 0.951. The SMILES string of the molecule is CCNCc1ccc(-c2cc(CC)ccc2CC)cc1. The topological polar surface area (TPSA) is 12.0 Å². The maximum atomic E-state index is 3.36. The van der Waals surface area contributed by atoms with Crippen LogP contribution in [-0.4, -0.2) is 6.54 Å². The summed E-state index contributed by atoms with van der Waals surface area (Å²) in [4.78, 5) is 0. The van der Waals surface area contributed by atoms with Crippen molar-refractivity contribution >= 4 is 0 Å². The van der Waals surface area contributed by atoms with Crippen molar-refractivity contribution in [2.45, 2.75) is 40.2 Å². The van der Waals surface area contributed by atoms with Gasteiger partial charge in [0.2, 0.25) is 0 Å². The summed E-state index contributed by atoms with van der Waals surface area (Å²) >= 11 is 0. The molecule has 0 aliphatic heterocycles. The van der Waals surface area contributed by atoms with Gasteiger partial charge < -0.3 is 5.32 Å². The summed E-state index contributed by atoms with van der Waals surface area (Å²) in [7, 11) is 0. The number of aryl methyl sites for hydroxylation is 2. The Morgan fingerprint density at radius 2 is 1.50 bits per heavy atom. The van der Waals surface area contributed by atoms with Crippen LogP contribution in [0.4, 0.5) is 0 Å². The van der Waals surface area contributed by atoms with Gasteiger partial charge in [0.15, 0.2) is 0 Å². The second kappa shape index (κ2) is 7.25. The molecule has 0 saturated heterocycles. The molecule has 0 atom stereocenters. The van der Waals surface area contributed by atoms with E-state index in [2.05, 4.69) is 68.6 Å². The van der Waals surface area contributed by atoms with E-state index < -0.39 is 0 Å². The molecule has 2 rings (SSSR count). The van der Waals surface area contributed by atoms with Crippen molar-refractivity contribution in [3.8, 4) is 11.1 Å². The first kappa shape index (κ1) is 14.8. The molecule has 0 aliphatic rings.